The zero-order chi connectivity index (χ0) is 13.2. The first-order chi connectivity index (χ1) is 8.55. The molecule has 1 aliphatic rings. The van der Waals surface area contributed by atoms with Crippen molar-refractivity contribution in [1.29, 1.82) is 0 Å². The summed E-state index contributed by atoms with van der Waals surface area (Å²) in [4.78, 5) is 4.19. The van der Waals surface area contributed by atoms with Gasteiger partial charge >= 0.3 is 0 Å². The molecule has 0 N–H and O–H groups in total. The van der Waals surface area contributed by atoms with Crippen LogP contribution >= 0.6 is 31.9 Å². The summed E-state index contributed by atoms with van der Waals surface area (Å²) in [6.45, 7) is 0.500. The lowest BCUT2D eigenvalue weighted by Crippen LogP contribution is -2.45. The fraction of sp³-hybridized carbons (Fsp3) is 0.545. The summed E-state index contributed by atoms with van der Waals surface area (Å²) in [6, 6.07) is 1.74. The first kappa shape index (κ1) is 14.4. The summed E-state index contributed by atoms with van der Waals surface area (Å²) < 4.78 is 27.4. The molecule has 0 atom stereocenters. The Morgan fingerprint density at radius 1 is 1.39 bits per heavy atom. The van der Waals surface area contributed by atoms with Crippen molar-refractivity contribution in [1.82, 2.24) is 9.29 Å². The number of halogens is 2. The van der Waals surface area contributed by atoms with Crippen molar-refractivity contribution < 1.29 is 8.42 Å². The van der Waals surface area contributed by atoms with Crippen LogP contribution in [0.25, 0.3) is 0 Å². The first-order valence-electron chi connectivity index (χ1n) is 5.74. The molecule has 0 aliphatic heterocycles. The maximum absolute atomic E-state index is 12.6. The highest BCUT2D eigenvalue weighted by atomic mass is 79.9. The first-order valence-corrected chi connectivity index (χ1v) is 9.09. The molecule has 1 heterocycles. The summed E-state index contributed by atoms with van der Waals surface area (Å²) in [5.41, 5.74) is 0. The quantitative estimate of drug-likeness (QED) is 0.717. The maximum atomic E-state index is 12.6. The number of pyridine rings is 1. The Morgan fingerprint density at radius 3 is 2.61 bits per heavy atom. The van der Waals surface area contributed by atoms with Gasteiger partial charge in [-0.25, -0.2) is 8.42 Å². The Balaban J connectivity index is 2.32. The SMILES string of the molecule is O=S(=O)(c1cncc(Br)c1)N(CCBr)C1CCC1. The minimum Gasteiger partial charge on any atom is -0.262 e. The summed E-state index contributed by atoms with van der Waals surface area (Å²) in [5, 5.41) is 0.643. The third kappa shape index (κ3) is 2.95. The van der Waals surface area contributed by atoms with Gasteiger partial charge in [-0.3, -0.25) is 4.98 Å². The Bertz CT molecular complexity index is 518. The molecule has 18 heavy (non-hydrogen) atoms. The minimum atomic E-state index is -3.43. The smallest absolute Gasteiger partial charge is 0.244 e. The van der Waals surface area contributed by atoms with Crippen molar-refractivity contribution >= 4 is 41.9 Å². The largest absolute Gasteiger partial charge is 0.262 e. The van der Waals surface area contributed by atoms with Gasteiger partial charge in [0, 0.05) is 34.8 Å². The van der Waals surface area contributed by atoms with E-state index in [1.807, 2.05) is 0 Å². The monoisotopic (exact) mass is 396 g/mol. The maximum Gasteiger partial charge on any atom is 0.244 e. The Hall–Kier alpha value is 0.0200. The highest BCUT2D eigenvalue weighted by Crippen LogP contribution is 2.30. The van der Waals surface area contributed by atoms with E-state index < -0.39 is 10.0 Å². The number of rotatable bonds is 5. The standard InChI is InChI=1S/C11H14Br2N2O2S/c12-4-5-15(10-2-1-3-10)18(16,17)11-6-9(13)7-14-8-11/h6-8,10H,1-5H2. The summed E-state index contributed by atoms with van der Waals surface area (Å²) in [6.07, 6.45) is 5.99. The zero-order valence-electron chi connectivity index (χ0n) is 9.72. The second-order valence-electron chi connectivity index (χ2n) is 4.23. The molecular formula is C11H14Br2N2O2S. The van der Waals surface area contributed by atoms with Crippen molar-refractivity contribution in [2.24, 2.45) is 0 Å². The minimum absolute atomic E-state index is 0.145. The highest BCUT2D eigenvalue weighted by molar-refractivity contribution is 9.10. The van der Waals surface area contributed by atoms with Gasteiger partial charge in [0.05, 0.1) is 0 Å². The number of alkyl halides is 1. The summed E-state index contributed by atoms with van der Waals surface area (Å²) in [7, 11) is -3.43. The molecule has 1 aromatic rings. The van der Waals surface area contributed by atoms with Gasteiger partial charge in [0.1, 0.15) is 4.90 Å². The van der Waals surface area contributed by atoms with E-state index in [0.29, 0.717) is 16.3 Å². The van der Waals surface area contributed by atoms with Crippen molar-refractivity contribution in [3.05, 3.63) is 22.9 Å². The van der Waals surface area contributed by atoms with E-state index in [-0.39, 0.29) is 10.9 Å². The van der Waals surface area contributed by atoms with Gasteiger partial charge < -0.3 is 0 Å². The molecule has 1 fully saturated rings. The normalized spacial score (nSPS) is 16.8. The van der Waals surface area contributed by atoms with Crippen LogP contribution in [-0.4, -0.2) is 35.6 Å². The summed E-state index contributed by atoms with van der Waals surface area (Å²) in [5.74, 6) is 0. The van der Waals surface area contributed by atoms with Gasteiger partial charge in [-0.2, -0.15) is 4.31 Å². The van der Waals surface area contributed by atoms with Gasteiger partial charge in [-0.05, 0) is 34.8 Å². The number of sulfonamides is 1. The lowest BCUT2D eigenvalue weighted by Gasteiger charge is -2.36. The van der Waals surface area contributed by atoms with Crippen molar-refractivity contribution in [2.75, 3.05) is 11.9 Å². The molecule has 7 heteroatoms. The van der Waals surface area contributed by atoms with E-state index in [0.717, 1.165) is 19.3 Å². The molecule has 4 nitrogen and oxygen atoms in total. The average molecular weight is 398 g/mol. The molecule has 0 spiro atoms. The fourth-order valence-corrected chi connectivity index (χ4v) is 4.73. The van der Waals surface area contributed by atoms with Crippen molar-refractivity contribution in [2.45, 2.75) is 30.2 Å². The van der Waals surface area contributed by atoms with Crippen LogP contribution in [0.4, 0.5) is 0 Å². The molecule has 2 rings (SSSR count). The van der Waals surface area contributed by atoms with Crippen LogP contribution in [0.15, 0.2) is 27.8 Å². The predicted octanol–water partition coefficient (Wildman–Crippen LogP) is 2.78. The molecule has 0 saturated heterocycles. The summed E-state index contributed by atoms with van der Waals surface area (Å²) >= 11 is 6.58. The molecule has 0 amide bonds. The number of aromatic nitrogens is 1. The third-order valence-corrected chi connectivity index (χ3v) is 5.78. The third-order valence-electron chi connectivity index (χ3n) is 3.07. The molecule has 0 radical (unpaired) electrons. The fourth-order valence-electron chi connectivity index (χ4n) is 1.93. The van der Waals surface area contributed by atoms with Crippen LogP contribution in [-0.2, 0) is 10.0 Å². The van der Waals surface area contributed by atoms with Gasteiger partial charge in [-0.15, -0.1) is 0 Å². The lowest BCUT2D eigenvalue weighted by atomic mass is 9.93. The Morgan fingerprint density at radius 2 is 2.11 bits per heavy atom. The second kappa shape index (κ2) is 5.98. The zero-order valence-corrected chi connectivity index (χ0v) is 13.7. The topological polar surface area (TPSA) is 50.3 Å². The van der Waals surface area contributed by atoms with Gasteiger partial charge in [0.25, 0.3) is 0 Å². The van der Waals surface area contributed by atoms with Crippen LogP contribution in [0.3, 0.4) is 0 Å². The van der Waals surface area contributed by atoms with Crippen LogP contribution < -0.4 is 0 Å². The van der Waals surface area contributed by atoms with E-state index in [1.165, 1.54) is 6.20 Å². The molecule has 1 aliphatic carbocycles. The molecule has 0 aromatic carbocycles. The number of nitrogens with zero attached hydrogens (tertiary/aromatic N) is 2. The van der Waals surface area contributed by atoms with Gasteiger partial charge in [-0.1, -0.05) is 22.4 Å². The van der Waals surface area contributed by atoms with Crippen molar-refractivity contribution in [3.63, 3.8) is 0 Å². The van der Waals surface area contributed by atoms with Crippen LogP contribution in [0, 0.1) is 0 Å². The second-order valence-corrected chi connectivity index (χ2v) is 7.83. The lowest BCUT2D eigenvalue weighted by molar-refractivity contribution is 0.228. The molecule has 0 unspecified atom stereocenters. The van der Waals surface area contributed by atoms with E-state index >= 15 is 0 Å². The van der Waals surface area contributed by atoms with E-state index in [1.54, 1.807) is 16.6 Å². The molecular weight excluding hydrogens is 384 g/mol. The van der Waals surface area contributed by atoms with E-state index in [4.69, 9.17) is 0 Å². The van der Waals surface area contributed by atoms with E-state index in [2.05, 4.69) is 36.8 Å². The van der Waals surface area contributed by atoms with Crippen LogP contribution in [0.5, 0.6) is 0 Å². The van der Waals surface area contributed by atoms with Crippen molar-refractivity contribution in [3.8, 4) is 0 Å². The highest BCUT2D eigenvalue weighted by Gasteiger charge is 2.34. The Labute approximate surface area is 124 Å². The number of hydrogen-bond acceptors (Lipinski definition) is 3. The van der Waals surface area contributed by atoms with Gasteiger partial charge in [0.2, 0.25) is 10.0 Å². The van der Waals surface area contributed by atoms with Crippen LogP contribution in [0.1, 0.15) is 19.3 Å². The van der Waals surface area contributed by atoms with Crippen LogP contribution in [0.2, 0.25) is 0 Å². The average Bonchev–Trinajstić information content (AvgIpc) is 2.26. The predicted molar refractivity (Wildman–Crippen MR) is 77.3 cm³/mol. The number of hydrogen-bond donors (Lipinski definition) is 0. The molecule has 1 saturated carbocycles. The Kier molecular flexibility index (Phi) is 4.80. The molecule has 100 valence electrons. The molecule has 1 aromatic heterocycles. The molecule has 0 bridgehead atoms. The van der Waals surface area contributed by atoms with Gasteiger partial charge in [0.15, 0.2) is 0 Å². The van der Waals surface area contributed by atoms with E-state index in [9.17, 15) is 8.42 Å².